The monoisotopic (exact) mass is 409 g/mol. The molecule has 150 valence electrons. The van der Waals surface area contributed by atoms with E-state index in [1.807, 2.05) is 25.1 Å². The molecular weight excluding hydrogens is 387 g/mol. The van der Waals surface area contributed by atoms with E-state index in [4.69, 9.17) is 0 Å². The first kappa shape index (κ1) is 20.2. The summed E-state index contributed by atoms with van der Waals surface area (Å²) in [6, 6.07) is 8.16. The van der Waals surface area contributed by atoms with Crippen LogP contribution < -0.4 is 10.6 Å². The lowest BCUT2D eigenvalue weighted by atomic mass is 10.1. The summed E-state index contributed by atoms with van der Waals surface area (Å²) in [6.07, 6.45) is -3.62. The SMILES string of the molecule is CCNC(=NCc1nc(C(F)(F)F)cs1)NCCc1c(C)[nH]c2ccccc12. The van der Waals surface area contributed by atoms with Crippen LogP contribution in [0.3, 0.4) is 0 Å². The molecule has 9 heteroatoms. The number of thiazole rings is 1. The van der Waals surface area contributed by atoms with Gasteiger partial charge in [-0.05, 0) is 31.9 Å². The number of aliphatic imine (C=N–C) groups is 1. The molecule has 0 saturated carbocycles. The molecule has 0 aliphatic heterocycles. The Kier molecular flexibility index (Phi) is 6.23. The van der Waals surface area contributed by atoms with Crippen LogP contribution in [0, 0.1) is 6.92 Å². The summed E-state index contributed by atoms with van der Waals surface area (Å²) in [5.74, 6) is 0.559. The smallest absolute Gasteiger partial charge is 0.358 e. The van der Waals surface area contributed by atoms with Crippen LogP contribution in [0.1, 0.15) is 28.9 Å². The molecule has 0 fully saturated rings. The third kappa shape index (κ3) is 4.83. The van der Waals surface area contributed by atoms with Crippen LogP contribution in [-0.4, -0.2) is 29.0 Å². The van der Waals surface area contributed by atoms with Crippen LogP contribution >= 0.6 is 11.3 Å². The molecule has 0 atom stereocenters. The topological polar surface area (TPSA) is 65.1 Å². The fraction of sp³-hybridized carbons (Fsp3) is 0.368. The minimum Gasteiger partial charge on any atom is -0.358 e. The Morgan fingerprint density at radius 3 is 2.75 bits per heavy atom. The minimum atomic E-state index is -4.42. The van der Waals surface area contributed by atoms with Gasteiger partial charge in [0.2, 0.25) is 0 Å². The van der Waals surface area contributed by atoms with Crippen molar-refractivity contribution in [1.82, 2.24) is 20.6 Å². The van der Waals surface area contributed by atoms with Crippen molar-refractivity contribution in [2.24, 2.45) is 4.99 Å². The van der Waals surface area contributed by atoms with Gasteiger partial charge in [0.25, 0.3) is 0 Å². The first-order valence-corrected chi connectivity index (χ1v) is 9.86. The molecule has 3 rings (SSSR count). The molecule has 3 aromatic rings. The minimum absolute atomic E-state index is 0.0994. The number of nitrogens with zero attached hydrogens (tertiary/aromatic N) is 2. The van der Waals surface area contributed by atoms with Crippen LogP contribution in [0.2, 0.25) is 0 Å². The summed E-state index contributed by atoms with van der Waals surface area (Å²) in [6.45, 7) is 5.40. The highest BCUT2D eigenvalue weighted by atomic mass is 32.1. The normalized spacial score (nSPS) is 12.5. The predicted octanol–water partition coefficient (Wildman–Crippen LogP) is 4.25. The number of rotatable bonds is 6. The van der Waals surface area contributed by atoms with E-state index in [2.05, 4.69) is 38.6 Å². The average Bonchev–Trinajstić information content (AvgIpc) is 3.24. The largest absolute Gasteiger partial charge is 0.434 e. The highest BCUT2D eigenvalue weighted by molar-refractivity contribution is 7.09. The van der Waals surface area contributed by atoms with Gasteiger partial charge in [0.05, 0.1) is 6.54 Å². The zero-order valence-corrected chi connectivity index (χ0v) is 16.5. The van der Waals surface area contributed by atoms with Gasteiger partial charge in [-0.1, -0.05) is 18.2 Å². The van der Waals surface area contributed by atoms with Crippen molar-refractivity contribution in [1.29, 1.82) is 0 Å². The Labute approximate surface area is 165 Å². The number of guanidine groups is 1. The number of H-pyrrole nitrogens is 1. The molecule has 3 N–H and O–H groups in total. The van der Waals surface area contributed by atoms with Crippen LogP contribution in [0.25, 0.3) is 10.9 Å². The van der Waals surface area contributed by atoms with Gasteiger partial charge < -0.3 is 15.6 Å². The molecule has 0 saturated heterocycles. The van der Waals surface area contributed by atoms with Crippen molar-refractivity contribution in [2.75, 3.05) is 13.1 Å². The van der Waals surface area contributed by atoms with E-state index in [1.165, 1.54) is 10.9 Å². The van der Waals surface area contributed by atoms with Gasteiger partial charge in [0.15, 0.2) is 11.7 Å². The summed E-state index contributed by atoms with van der Waals surface area (Å²) in [5.41, 5.74) is 2.62. The molecule has 0 bridgehead atoms. The van der Waals surface area contributed by atoms with Crippen molar-refractivity contribution in [3.05, 3.63) is 51.6 Å². The first-order chi connectivity index (χ1) is 13.4. The molecule has 0 spiro atoms. The summed E-state index contributed by atoms with van der Waals surface area (Å²) in [5, 5.41) is 8.89. The summed E-state index contributed by atoms with van der Waals surface area (Å²) in [7, 11) is 0. The lowest BCUT2D eigenvalue weighted by Gasteiger charge is -2.11. The number of hydrogen-bond donors (Lipinski definition) is 3. The standard InChI is InChI=1S/C19H22F3N5S/c1-3-23-18(25-10-17-27-16(11-28-17)19(20,21)22)24-9-8-13-12(2)26-15-7-5-4-6-14(13)15/h4-7,11,26H,3,8-10H2,1-2H3,(H2,23,24,25). The number of halogens is 3. The quantitative estimate of drug-likeness (QED) is 0.421. The lowest BCUT2D eigenvalue weighted by molar-refractivity contribution is -0.140. The van der Waals surface area contributed by atoms with E-state index in [9.17, 15) is 13.2 Å². The number of benzene rings is 1. The number of alkyl halides is 3. The third-order valence-corrected chi connectivity index (χ3v) is 5.09. The van der Waals surface area contributed by atoms with Crippen molar-refractivity contribution < 1.29 is 13.2 Å². The first-order valence-electron chi connectivity index (χ1n) is 8.98. The molecular formula is C19H22F3N5S. The zero-order valence-electron chi connectivity index (χ0n) is 15.7. The fourth-order valence-electron chi connectivity index (χ4n) is 2.96. The maximum Gasteiger partial charge on any atom is 0.434 e. The van der Waals surface area contributed by atoms with Crippen LogP contribution in [-0.2, 0) is 19.1 Å². The van der Waals surface area contributed by atoms with Crippen LogP contribution in [0.4, 0.5) is 13.2 Å². The third-order valence-electron chi connectivity index (χ3n) is 4.25. The summed E-state index contributed by atoms with van der Waals surface area (Å²) >= 11 is 0.964. The molecule has 0 unspecified atom stereocenters. The number of aromatic amines is 1. The van der Waals surface area contributed by atoms with E-state index in [1.54, 1.807) is 0 Å². The second-order valence-corrected chi connectivity index (χ2v) is 7.21. The highest BCUT2D eigenvalue weighted by Gasteiger charge is 2.33. The predicted molar refractivity (Wildman–Crippen MR) is 107 cm³/mol. The number of aromatic nitrogens is 2. The van der Waals surface area contributed by atoms with Gasteiger partial charge in [0.1, 0.15) is 5.01 Å². The maximum absolute atomic E-state index is 12.6. The Hall–Kier alpha value is -2.55. The number of aryl methyl sites for hydroxylation is 1. The van der Waals surface area contributed by atoms with Gasteiger partial charge in [-0.3, -0.25) is 0 Å². The van der Waals surface area contributed by atoms with E-state index in [-0.39, 0.29) is 6.54 Å². The number of fused-ring (bicyclic) bond motifs is 1. The Bertz CT molecular complexity index is 958. The summed E-state index contributed by atoms with van der Waals surface area (Å²) in [4.78, 5) is 11.3. The van der Waals surface area contributed by atoms with E-state index < -0.39 is 11.9 Å². The number of nitrogens with one attached hydrogen (secondary N) is 3. The average molecular weight is 409 g/mol. The second kappa shape index (κ2) is 8.64. The van der Waals surface area contributed by atoms with Gasteiger partial charge in [-0.2, -0.15) is 13.2 Å². The molecule has 0 amide bonds. The van der Waals surface area contributed by atoms with Crippen LogP contribution in [0.5, 0.6) is 0 Å². The molecule has 0 aliphatic carbocycles. The van der Waals surface area contributed by atoms with Gasteiger partial charge in [-0.15, -0.1) is 11.3 Å². The van der Waals surface area contributed by atoms with Crippen molar-refractivity contribution in [3.63, 3.8) is 0 Å². The Balaban J connectivity index is 1.62. The fourth-order valence-corrected chi connectivity index (χ4v) is 3.69. The molecule has 2 heterocycles. The molecule has 5 nitrogen and oxygen atoms in total. The molecule has 28 heavy (non-hydrogen) atoms. The molecule has 2 aromatic heterocycles. The molecule has 0 aliphatic rings. The van der Waals surface area contributed by atoms with Gasteiger partial charge in [0, 0.05) is 35.1 Å². The Morgan fingerprint density at radius 2 is 2.04 bits per heavy atom. The van der Waals surface area contributed by atoms with Crippen molar-refractivity contribution in [3.8, 4) is 0 Å². The summed E-state index contributed by atoms with van der Waals surface area (Å²) < 4.78 is 37.9. The maximum atomic E-state index is 12.6. The van der Waals surface area contributed by atoms with Crippen LogP contribution in [0.15, 0.2) is 34.6 Å². The zero-order chi connectivity index (χ0) is 20.1. The highest BCUT2D eigenvalue weighted by Crippen LogP contribution is 2.30. The number of para-hydroxylation sites is 1. The molecule has 1 aromatic carbocycles. The lowest BCUT2D eigenvalue weighted by Crippen LogP contribution is -2.38. The second-order valence-electron chi connectivity index (χ2n) is 6.27. The van der Waals surface area contributed by atoms with E-state index in [0.29, 0.717) is 24.1 Å². The van der Waals surface area contributed by atoms with Crippen molar-refractivity contribution >= 4 is 28.2 Å². The molecule has 0 radical (unpaired) electrons. The van der Waals surface area contributed by atoms with E-state index >= 15 is 0 Å². The van der Waals surface area contributed by atoms with Crippen molar-refractivity contribution in [2.45, 2.75) is 33.0 Å². The Morgan fingerprint density at radius 1 is 1.25 bits per heavy atom. The van der Waals surface area contributed by atoms with E-state index in [0.717, 1.165) is 34.3 Å². The number of hydrogen-bond acceptors (Lipinski definition) is 3. The van der Waals surface area contributed by atoms with Gasteiger partial charge >= 0.3 is 6.18 Å². The van der Waals surface area contributed by atoms with Gasteiger partial charge in [-0.25, -0.2) is 9.98 Å².